The lowest BCUT2D eigenvalue weighted by atomic mass is 9.96. The first-order chi connectivity index (χ1) is 8.23. The number of rotatable bonds is 7. The van der Waals surface area contributed by atoms with Gasteiger partial charge < -0.3 is 0 Å². The summed E-state index contributed by atoms with van der Waals surface area (Å²) in [6.45, 7) is 21.4. The molecule has 102 valence electrons. The second-order valence-electron chi connectivity index (χ2n) is 5.91. The van der Waals surface area contributed by atoms with E-state index < -0.39 is 0 Å². The highest BCUT2D eigenvalue weighted by Gasteiger charge is 2.02. The van der Waals surface area contributed by atoms with Crippen LogP contribution in [0.25, 0.3) is 0 Å². The second kappa shape index (κ2) is 8.13. The summed E-state index contributed by atoms with van der Waals surface area (Å²) >= 11 is 0. The highest BCUT2D eigenvalue weighted by Crippen LogP contribution is 2.22. The molecule has 0 aliphatic carbocycles. The summed E-state index contributed by atoms with van der Waals surface area (Å²) in [6.07, 6.45) is 4.22. The molecule has 0 unspecified atom stereocenters. The average Bonchev–Trinajstić information content (AvgIpc) is 2.25. The van der Waals surface area contributed by atoms with Crippen molar-refractivity contribution in [2.24, 2.45) is 0 Å². The van der Waals surface area contributed by atoms with Crippen LogP contribution < -0.4 is 0 Å². The van der Waals surface area contributed by atoms with E-state index in [1.165, 1.54) is 33.4 Å². The molecule has 0 fully saturated rings. The predicted molar refractivity (Wildman–Crippen MR) is 84.8 cm³/mol. The number of hydrogen-bond acceptors (Lipinski definition) is 0. The van der Waals surface area contributed by atoms with Gasteiger partial charge in [0, 0.05) is 0 Å². The Morgan fingerprint density at radius 3 is 1.11 bits per heavy atom. The molecule has 0 saturated heterocycles. The molecule has 0 atom stereocenters. The molecule has 0 aromatic heterocycles. The normalized spacial score (nSPS) is 9.89. The minimum Gasteiger partial charge on any atom is -0.0995 e. The van der Waals surface area contributed by atoms with Crippen molar-refractivity contribution in [2.45, 2.75) is 67.2 Å². The molecule has 18 heavy (non-hydrogen) atoms. The predicted octanol–water partition coefficient (Wildman–Crippen LogP) is 6.37. The zero-order valence-corrected chi connectivity index (χ0v) is 13.2. The van der Waals surface area contributed by atoms with E-state index in [2.05, 4.69) is 54.7 Å². The van der Waals surface area contributed by atoms with Crippen LogP contribution in [0.1, 0.15) is 67.2 Å². The van der Waals surface area contributed by atoms with Crippen LogP contribution in [-0.4, -0.2) is 0 Å². The molecule has 0 heteroatoms. The molecule has 0 radical (unpaired) electrons. The third kappa shape index (κ3) is 7.32. The lowest BCUT2D eigenvalue weighted by molar-refractivity contribution is 0.853. The van der Waals surface area contributed by atoms with Crippen LogP contribution in [-0.2, 0) is 0 Å². The van der Waals surface area contributed by atoms with Crippen LogP contribution in [0.15, 0.2) is 46.6 Å². The molecule has 0 aliphatic rings. The summed E-state index contributed by atoms with van der Waals surface area (Å²) in [7, 11) is 0. The molecule has 0 nitrogen and oxygen atoms in total. The third-order valence-electron chi connectivity index (χ3n) is 3.57. The van der Waals surface area contributed by atoms with Gasteiger partial charge in [-0.3, -0.25) is 0 Å². The maximum atomic E-state index is 4.18. The first-order valence-corrected chi connectivity index (χ1v) is 6.83. The SMILES string of the molecule is C=C(CCC(=C)CC(C)=C(C)C)CC(C)=C(C)C. The van der Waals surface area contributed by atoms with Crippen LogP contribution in [0.4, 0.5) is 0 Å². The fraction of sp³-hybridized carbons (Fsp3) is 0.556. The van der Waals surface area contributed by atoms with Gasteiger partial charge in [0.2, 0.25) is 0 Å². The molecule has 0 heterocycles. The minimum atomic E-state index is 1.04. The van der Waals surface area contributed by atoms with Crippen molar-refractivity contribution in [1.82, 2.24) is 0 Å². The van der Waals surface area contributed by atoms with Crippen molar-refractivity contribution < 1.29 is 0 Å². The molecular weight excluding hydrogens is 216 g/mol. The molecule has 0 aliphatic heterocycles. The van der Waals surface area contributed by atoms with Crippen LogP contribution in [0.5, 0.6) is 0 Å². The number of hydrogen-bond donors (Lipinski definition) is 0. The van der Waals surface area contributed by atoms with Gasteiger partial charge in [0.05, 0.1) is 0 Å². The molecular formula is C18H30. The van der Waals surface area contributed by atoms with Gasteiger partial charge in [0.15, 0.2) is 0 Å². The van der Waals surface area contributed by atoms with E-state index in [1.807, 2.05) is 0 Å². The standard InChI is InChI=1S/C18H30/c1-13(2)17(7)11-15(5)9-10-16(6)12-18(8)14(3)4/h5-6,9-12H2,1-4,7-8H3. The van der Waals surface area contributed by atoms with Crippen molar-refractivity contribution in [3.05, 3.63) is 46.6 Å². The van der Waals surface area contributed by atoms with Crippen LogP contribution in [0.2, 0.25) is 0 Å². The largest absolute Gasteiger partial charge is 0.0995 e. The van der Waals surface area contributed by atoms with Crippen molar-refractivity contribution >= 4 is 0 Å². The average molecular weight is 246 g/mol. The topological polar surface area (TPSA) is 0 Å². The van der Waals surface area contributed by atoms with Gasteiger partial charge in [0.25, 0.3) is 0 Å². The maximum Gasteiger partial charge on any atom is -0.0111 e. The van der Waals surface area contributed by atoms with E-state index in [1.54, 1.807) is 0 Å². The van der Waals surface area contributed by atoms with E-state index >= 15 is 0 Å². The van der Waals surface area contributed by atoms with Crippen LogP contribution in [0.3, 0.4) is 0 Å². The van der Waals surface area contributed by atoms with Crippen LogP contribution >= 0.6 is 0 Å². The highest BCUT2D eigenvalue weighted by atomic mass is 14.1. The molecule has 0 spiro atoms. The molecule has 0 amide bonds. The van der Waals surface area contributed by atoms with Gasteiger partial charge in [-0.25, -0.2) is 0 Å². The Hall–Kier alpha value is -1.04. The van der Waals surface area contributed by atoms with E-state index in [4.69, 9.17) is 0 Å². The van der Waals surface area contributed by atoms with Crippen molar-refractivity contribution in [2.75, 3.05) is 0 Å². The Bertz CT molecular complexity index is 329. The Morgan fingerprint density at radius 1 is 0.611 bits per heavy atom. The molecule has 0 N–H and O–H groups in total. The van der Waals surface area contributed by atoms with Crippen molar-refractivity contribution in [1.29, 1.82) is 0 Å². The first-order valence-electron chi connectivity index (χ1n) is 6.83. The summed E-state index contributed by atoms with van der Waals surface area (Å²) in [6, 6.07) is 0. The first kappa shape index (κ1) is 17.0. The van der Waals surface area contributed by atoms with Gasteiger partial charge >= 0.3 is 0 Å². The summed E-state index contributed by atoms with van der Waals surface area (Å²) in [5.41, 5.74) is 8.37. The zero-order chi connectivity index (χ0) is 14.3. The fourth-order valence-corrected chi connectivity index (χ4v) is 1.63. The van der Waals surface area contributed by atoms with Gasteiger partial charge in [-0.1, -0.05) is 46.6 Å². The zero-order valence-electron chi connectivity index (χ0n) is 13.2. The molecule has 0 saturated carbocycles. The Labute approximate surface area is 114 Å². The lowest BCUT2D eigenvalue weighted by Gasteiger charge is -2.10. The lowest BCUT2D eigenvalue weighted by Crippen LogP contribution is -1.91. The Kier molecular flexibility index (Phi) is 7.66. The van der Waals surface area contributed by atoms with Crippen molar-refractivity contribution in [3.8, 4) is 0 Å². The Morgan fingerprint density at radius 2 is 0.889 bits per heavy atom. The molecule has 0 aromatic rings. The van der Waals surface area contributed by atoms with Crippen LogP contribution in [0, 0.1) is 0 Å². The smallest absolute Gasteiger partial charge is 0.0111 e. The van der Waals surface area contributed by atoms with E-state index in [-0.39, 0.29) is 0 Å². The van der Waals surface area contributed by atoms with Gasteiger partial charge in [-0.15, -0.1) is 0 Å². The number of allylic oxidation sites excluding steroid dienone is 6. The Balaban J connectivity index is 4.12. The van der Waals surface area contributed by atoms with Gasteiger partial charge in [0.1, 0.15) is 0 Å². The molecule has 0 rings (SSSR count). The van der Waals surface area contributed by atoms with E-state index in [0.717, 1.165) is 25.7 Å². The third-order valence-corrected chi connectivity index (χ3v) is 3.57. The quantitative estimate of drug-likeness (QED) is 0.458. The fourth-order valence-electron chi connectivity index (χ4n) is 1.63. The van der Waals surface area contributed by atoms with E-state index in [9.17, 15) is 0 Å². The second-order valence-corrected chi connectivity index (χ2v) is 5.91. The maximum absolute atomic E-state index is 4.18. The summed E-state index contributed by atoms with van der Waals surface area (Å²) in [4.78, 5) is 0. The molecule has 0 aromatic carbocycles. The molecule has 0 bridgehead atoms. The monoisotopic (exact) mass is 246 g/mol. The van der Waals surface area contributed by atoms with Gasteiger partial charge in [-0.2, -0.15) is 0 Å². The minimum absolute atomic E-state index is 1.04. The summed E-state index contributed by atoms with van der Waals surface area (Å²) in [5.74, 6) is 0. The summed E-state index contributed by atoms with van der Waals surface area (Å²) < 4.78 is 0. The van der Waals surface area contributed by atoms with E-state index in [0.29, 0.717) is 0 Å². The van der Waals surface area contributed by atoms with Gasteiger partial charge in [-0.05, 0) is 67.2 Å². The highest BCUT2D eigenvalue weighted by molar-refractivity contribution is 5.19. The summed E-state index contributed by atoms with van der Waals surface area (Å²) in [5, 5.41) is 0. The van der Waals surface area contributed by atoms with Crippen molar-refractivity contribution in [3.63, 3.8) is 0 Å².